The summed E-state index contributed by atoms with van der Waals surface area (Å²) in [6.45, 7) is 1.71. The summed E-state index contributed by atoms with van der Waals surface area (Å²) in [4.78, 5) is 14.4. The normalized spacial score (nSPS) is 12.6. The number of hydrogen-bond acceptors (Lipinski definition) is 7. The molecule has 11 heteroatoms. The maximum absolute atomic E-state index is 13.5. The molecule has 0 N–H and O–H groups in total. The molecule has 0 aliphatic rings. The third-order valence-electron chi connectivity index (χ3n) is 4.80. The van der Waals surface area contributed by atoms with Crippen LogP contribution in [0.1, 0.15) is 24.4 Å². The molecular formula is C21H16F4N6O. The first-order chi connectivity index (χ1) is 15.3. The summed E-state index contributed by atoms with van der Waals surface area (Å²) >= 11 is 0. The Bertz CT molecular complexity index is 1230. The molecule has 0 saturated heterocycles. The van der Waals surface area contributed by atoms with Gasteiger partial charge in [-0.05, 0) is 43.3 Å². The van der Waals surface area contributed by atoms with Crippen molar-refractivity contribution in [3.8, 4) is 5.75 Å². The summed E-state index contributed by atoms with van der Waals surface area (Å²) in [5.41, 5.74) is -0.281. The van der Waals surface area contributed by atoms with Gasteiger partial charge in [-0.2, -0.15) is 18.3 Å². The SMILES string of the molecule is COc1ccc2c(N(c3ccc(F)cn3)C(C)c3ccc(C(F)(F)F)nn3)ncnc2c1. The lowest BCUT2D eigenvalue weighted by molar-refractivity contribution is -0.141. The van der Waals surface area contributed by atoms with Crippen molar-refractivity contribution < 1.29 is 22.3 Å². The minimum absolute atomic E-state index is 0.240. The fourth-order valence-electron chi connectivity index (χ4n) is 3.19. The van der Waals surface area contributed by atoms with E-state index < -0.39 is 23.7 Å². The zero-order valence-electron chi connectivity index (χ0n) is 16.9. The molecule has 4 aromatic rings. The van der Waals surface area contributed by atoms with Crippen LogP contribution in [-0.2, 0) is 6.18 Å². The second kappa shape index (κ2) is 8.33. The first kappa shape index (κ1) is 21.3. The van der Waals surface area contributed by atoms with Crippen LogP contribution in [0.25, 0.3) is 10.9 Å². The van der Waals surface area contributed by atoms with E-state index in [1.807, 2.05) is 0 Å². The number of anilines is 2. The summed E-state index contributed by atoms with van der Waals surface area (Å²) < 4.78 is 57.5. The van der Waals surface area contributed by atoms with Crippen LogP contribution >= 0.6 is 0 Å². The minimum atomic E-state index is -4.60. The van der Waals surface area contributed by atoms with Gasteiger partial charge in [0.15, 0.2) is 5.69 Å². The molecular weight excluding hydrogens is 428 g/mol. The summed E-state index contributed by atoms with van der Waals surface area (Å²) in [5, 5.41) is 7.70. The number of nitrogens with zero attached hydrogens (tertiary/aromatic N) is 6. The number of rotatable bonds is 5. The summed E-state index contributed by atoms with van der Waals surface area (Å²) in [5.74, 6) is 0.783. The lowest BCUT2D eigenvalue weighted by atomic mass is 10.1. The fourth-order valence-corrected chi connectivity index (χ4v) is 3.19. The number of methoxy groups -OCH3 is 1. The lowest BCUT2D eigenvalue weighted by Crippen LogP contribution is -2.25. The average Bonchev–Trinajstić information content (AvgIpc) is 2.79. The summed E-state index contributed by atoms with van der Waals surface area (Å²) in [6, 6.07) is 9.33. The molecule has 3 aromatic heterocycles. The van der Waals surface area contributed by atoms with Crippen molar-refractivity contribution in [1.29, 1.82) is 0 Å². The summed E-state index contributed by atoms with van der Waals surface area (Å²) in [7, 11) is 1.53. The van der Waals surface area contributed by atoms with Crippen molar-refractivity contribution in [3.05, 3.63) is 72.2 Å². The molecule has 0 radical (unpaired) electrons. The standard InChI is InChI=1S/C21H16F4N6O/c1-12(16-6-7-18(30-29-16)21(23,24)25)31(19-8-3-13(22)10-26-19)20-15-5-4-14(32-2)9-17(15)27-11-28-20/h3-12H,1-2H3. The largest absolute Gasteiger partial charge is 0.497 e. The third kappa shape index (κ3) is 4.13. The Morgan fingerprint density at radius 3 is 2.41 bits per heavy atom. The van der Waals surface area contributed by atoms with Gasteiger partial charge in [0.05, 0.1) is 30.6 Å². The molecule has 1 atom stereocenters. The number of ether oxygens (including phenoxy) is 1. The zero-order valence-corrected chi connectivity index (χ0v) is 16.9. The highest BCUT2D eigenvalue weighted by molar-refractivity contribution is 5.92. The number of hydrogen-bond donors (Lipinski definition) is 0. The van der Waals surface area contributed by atoms with E-state index in [4.69, 9.17) is 4.74 Å². The molecule has 0 bridgehead atoms. The molecule has 0 fully saturated rings. The van der Waals surface area contributed by atoms with Crippen molar-refractivity contribution in [2.75, 3.05) is 12.0 Å². The molecule has 4 rings (SSSR count). The summed E-state index contributed by atoms with van der Waals surface area (Å²) in [6.07, 6.45) is -2.21. The Morgan fingerprint density at radius 1 is 0.969 bits per heavy atom. The molecule has 0 aliphatic carbocycles. The smallest absolute Gasteiger partial charge is 0.435 e. The highest BCUT2D eigenvalue weighted by Gasteiger charge is 2.33. The predicted octanol–water partition coefficient (Wildman–Crippen LogP) is 4.88. The molecule has 164 valence electrons. The van der Waals surface area contributed by atoms with Crippen molar-refractivity contribution in [2.24, 2.45) is 0 Å². The molecule has 7 nitrogen and oxygen atoms in total. The van der Waals surface area contributed by atoms with E-state index in [9.17, 15) is 17.6 Å². The maximum Gasteiger partial charge on any atom is 0.435 e. The highest BCUT2D eigenvalue weighted by Crippen LogP contribution is 2.37. The fraction of sp³-hybridized carbons (Fsp3) is 0.190. The molecule has 0 amide bonds. The Labute approximate surface area is 179 Å². The Balaban J connectivity index is 1.85. The van der Waals surface area contributed by atoms with Gasteiger partial charge in [0.25, 0.3) is 0 Å². The second-order valence-electron chi connectivity index (χ2n) is 6.80. The lowest BCUT2D eigenvalue weighted by Gasteiger charge is -2.29. The van der Waals surface area contributed by atoms with Crippen LogP contribution in [0.4, 0.5) is 29.2 Å². The van der Waals surface area contributed by atoms with Gasteiger partial charge in [-0.15, -0.1) is 5.10 Å². The zero-order chi connectivity index (χ0) is 22.9. The van der Waals surface area contributed by atoms with Gasteiger partial charge in [-0.25, -0.2) is 19.3 Å². The van der Waals surface area contributed by atoms with Crippen LogP contribution in [0.5, 0.6) is 5.75 Å². The van der Waals surface area contributed by atoms with Gasteiger partial charge >= 0.3 is 6.18 Å². The second-order valence-corrected chi connectivity index (χ2v) is 6.80. The van der Waals surface area contributed by atoms with E-state index in [0.29, 0.717) is 28.3 Å². The van der Waals surface area contributed by atoms with E-state index in [1.54, 1.807) is 30.0 Å². The maximum atomic E-state index is 13.5. The molecule has 1 unspecified atom stereocenters. The van der Waals surface area contributed by atoms with Crippen molar-refractivity contribution in [3.63, 3.8) is 0 Å². The van der Waals surface area contributed by atoms with Crippen molar-refractivity contribution in [1.82, 2.24) is 25.1 Å². The van der Waals surface area contributed by atoms with Crippen LogP contribution in [0, 0.1) is 5.82 Å². The van der Waals surface area contributed by atoms with Gasteiger partial charge < -0.3 is 9.64 Å². The molecule has 3 heterocycles. The van der Waals surface area contributed by atoms with E-state index in [2.05, 4.69) is 25.1 Å². The van der Waals surface area contributed by atoms with E-state index in [1.165, 1.54) is 31.6 Å². The average molecular weight is 444 g/mol. The molecule has 1 aromatic carbocycles. The quantitative estimate of drug-likeness (QED) is 0.406. The topological polar surface area (TPSA) is 76.9 Å². The van der Waals surface area contributed by atoms with Crippen LogP contribution in [0.3, 0.4) is 0 Å². The Hall–Kier alpha value is -3.89. The number of halogens is 4. The van der Waals surface area contributed by atoms with E-state index in [0.717, 1.165) is 12.3 Å². The van der Waals surface area contributed by atoms with E-state index in [-0.39, 0.29) is 5.69 Å². The van der Waals surface area contributed by atoms with Crippen LogP contribution < -0.4 is 9.64 Å². The molecule has 0 spiro atoms. The van der Waals surface area contributed by atoms with Gasteiger partial charge in [0, 0.05) is 11.5 Å². The van der Waals surface area contributed by atoms with Gasteiger partial charge in [0.1, 0.15) is 29.5 Å². The monoisotopic (exact) mass is 444 g/mol. The number of fused-ring (bicyclic) bond motifs is 1. The highest BCUT2D eigenvalue weighted by atomic mass is 19.4. The minimum Gasteiger partial charge on any atom is -0.497 e. The van der Waals surface area contributed by atoms with Crippen LogP contribution in [0.2, 0.25) is 0 Å². The number of pyridine rings is 1. The van der Waals surface area contributed by atoms with Gasteiger partial charge in [-0.3, -0.25) is 0 Å². The van der Waals surface area contributed by atoms with Crippen LogP contribution in [-0.4, -0.2) is 32.3 Å². The number of aromatic nitrogens is 5. The molecule has 0 saturated carbocycles. The molecule has 0 aliphatic heterocycles. The van der Waals surface area contributed by atoms with Gasteiger partial charge in [0.2, 0.25) is 0 Å². The third-order valence-corrected chi connectivity index (χ3v) is 4.80. The van der Waals surface area contributed by atoms with Crippen molar-refractivity contribution >= 4 is 22.5 Å². The number of benzene rings is 1. The van der Waals surface area contributed by atoms with Crippen LogP contribution in [0.15, 0.2) is 55.0 Å². The number of alkyl halides is 3. The Morgan fingerprint density at radius 2 is 1.78 bits per heavy atom. The van der Waals surface area contributed by atoms with E-state index >= 15 is 0 Å². The first-order valence-corrected chi connectivity index (χ1v) is 9.38. The van der Waals surface area contributed by atoms with Crippen molar-refractivity contribution in [2.45, 2.75) is 19.1 Å². The predicted molar refractivity (Wildman–Crippen MR) is 108 cm³/mol. The van der Waals surface area contributed by atoms with Gasteiger partial charge in [-0.1, -0.05) is 0 Å². The molecule has 32 heavy (non-hydrogen) atoms. The first-order valence-electron chi connectivity index (χ1n) is 9.38. The Kier molecular flexibility index (Phi) is 5.56.